The SMILES string of the molecule is COc1cccc(CCN(C)CC(O)CO)c1. The lowest BCUT2D eigenvalue weighted by Crippen LogP contribution is -2.32. The zero-order chi connectivity index (χ0) is 12.7. The van der Waals surface area contributed by atoms with E-state index in [1.807, 2.05) is 30.1 Å². The fourth-order valence-corrected chi connectivity index (χ4v) is 1.66. The van der Waals surface area contributed by atoms with E-state index in [2.05, 4.69) is 6.07 Å². The van der Waals surface area contributed by atoms with Crippen LogP contribution in [0.2, 0.25) is 0 Å². The van der Waals surface area contributed by atoms with Crippen molar-refractivity contribution in [2.75, 3.05) is 33.9 Å². The van der Waals surface area contributed by atoms with E-state index in [0.717, 1.165) is 18.7 Å². The minimum atomic E-state index is -0.662. The Morgan fingerprint density at radius 1 is 1.41 bits per heavy atom. The van der Waals surface area contributed by atoms with E-state index in [4.69, 9.17) is 9.84 Å². The lowest BCUT2D eigenvalue weighted by atomic mass is 10.1. The normalized spacial score (nSPS) is 12.8. The van der Waals surface area contributed by atoms with Crippen LogP contribution in [0.4, 0.5) is 0 Å². The fraction of sp³-hybridized carbons (Fsp3) is 0.538. The monoisotopic (exact) mass is 239 g/mol. The molecule has 1 aromatic rings. The maximum atomic E-state index is 9.30. The summed E-state index contributed by atoms with van der Waals surface area (Å²) in [4.78, 5) is 2.00. The van der Waals surface area contributed by atoms with E-state index in [1.165, 1.54) is 5.56 Å². The highest BCUT2D eigenvalue weighted by Crippen LogP contribution is 2.13. The number of likely N-dealkylation sites (N-methyl/N-ethyl adjacent to an activating group) is 1. The van der Waals surface area contributed by atoms with Crippen molar-refractivity contribution in [3.05, 3.63) is 29.8 Å². The Labute approximate surface area is 102 Å². The van der Waals surface area contributed by atoms with Gasteiger partial charge in [0.2, 0.25) is 0 Å². The molecule has 0 bridgehead atoms. The number of hydrogen-bond donors (Lipinski definition) is 2. The number of nitrogens with zero attached hydrogens (tertiary/aromatic N) is 1. The Morgan fingerprint density at radius 2 is 2.18 bits per heavy atom. The van der Waals surface area contributed by atoms with Crippen LogP contribution in [-0.2, 0) is 6.42 Å². The van der Waals surface area contributed by atoms with Crippen LogP contribution in [0.5, 0.6) is 5.75 Å². The first-order valence-electron chi connectivity index (χ1n) is 5.76. The molecule has 0 aromatic heterocycles. The quantitative estimate of drug-likeness (QED) is 0.728. The second-order valence-electron chi connectivity index (χ2n) is 4.20. The zero-order valence-electron chi connectivity index (χ0n) is 10.5. The first-order valence-corrected chi connectivity index (χ1v) is 5.76. The third kappa shape index (κ3) is 5.17. The predicted octanol–water partition coefficient (Wildman–Crippen LogP) is 0.523. The van der Waals surface area contributed by atoms with Crippen LogP contribution in [-0.4, -0.2) is 55.1 Å². The molecule has 4 heteroatoms. The van der Waals surface area contributed by atoms with Gasteiger partial charge in [-0.15, -0.1) is 0 Å². The van der Waals surface area contributed by atoms with Gasteiger partial charge in [-0.1, -0.05) is 12.1 Å². The summed E-state index contributed by atoms with van der Waals surface area (Å²) in [6.07, 6.45) is 0.233. The van der Waals surface area contributed by atoms with Crippen LogP contribution >= 0.6 is 0 Å². The Balaban J connectivity index is 2.38. The molecule has 1 unspecified atom stereocenters. The Hall–Kier alpha value is -1.10. The van der Waals surface area contributed by atoms with Gasteiger partial charge < -0.3 is 19.8 Å². The number of aliphatic hydroxyl groups excluding tert-OH is 2. The molecule has 0 aliphatic carbocycles. The molecule has 1 rings (SSSR count). The number of aliphatic hydroxyl groups is 2. The second-order valence-corrected chi connectivity index (χ2v) is 4.20. The average molecular weight is 239 g/mol. The molecule has 0 spiro atoms. The number of benzene rings is 1. The van der Waals surface area contributed by atoms with E-state index in [1.54, 1.807) is 7.11 Å². The van der Waals surface area contributed by atoms with E-state index >= 15 is 0 Å². The Bertz CT molecular complexity index is 330. The van der Waals surface area contributed by atoms with Crippen LogP contribution in [0.3, 0.4) is 0 Å². The van der Waals surface area contributed by atoms with Crippen molar-refractivity contribution in [1.29, 1.82) is 0 Å². The highest BCUT2D eigenvalue weighted by atomic mass is 16.5. The molecule has 4 nitrogen and oxygen atoms in total. The summed E-state index contributed by atoms with van der Waals surface area (Å²) in [6, 6.07) is 7.95. The average Bonchev–Trinajstić information content (AvgIpc) is 2.36. The van der Waals surface area contributed by atoms with Crippen LogP contribution in [0.1, 0.15) is 5.56 Å². The molecule has 0 aliphatic rings. The van der Waals surface area contributed by atoms with Crippen LogP contribution in [0.15, 0.2) is 24.3 Å². The fourth-order valence-electron chi connectivity index (χ4n) is 1.66. The summed E-state index contributed by atoms with van der Waals surface area (Å²) < 4.78 is 5.16. The topological polar surface area (TPSA) is 52.9 Å². The molecule has 17 heavy (non-hydrogen) atoms. The highest BCUT2D eigenvalue weighted by Gasteiger charge is 2.06. The molecule has 0 fully saturated rings. The molecule has 0 aliphatic heterocycles. The maximum absolute atomic E-state index is 9.30. The van der Waals surface area contributed by atoms with Crippen molar-refractivity contribution in [3.8, 4) is 5.75 Å². The molecule has 0 saturated carbocycles. The smallest absolute Gasteiger partial charge is 0.119 e. The van der Waals surface area contributed by atoms with Crippen LogP contribution in [0, 0.1) is 0 Å². The first kappa shape index (κ1) is 14.0. The highest BCUT2D eigenvalue weighted by molar-refractivity contribution is 5.28. The van der Waals surface area contributed by atoms with Gasteiger partial charge in [-0.25, -0.2) is 0 Å². The minimum Gasteiger partial charge on any atom is -0.497 e. The van der Waals surface area contributed by atoms with E-state index in [-0.39, 0.29) is 6.61 Å². The molecule has 0 heterocycles. The third-order valence-corrected chi connectivity index (χ3v) is 2.65. The van der Waals surface area contributed by atoms with Gasteiger partial charge in [0.15, 0.2) is 0 Å². The van der Waals surface area contributed by atoms with Crippen molar-refractivity contribution >= 4 is 0 Å². The summed E-state index contributed by atoms with van der Waals surface area (Å²) in [5, 5.41) is 18.0. The first-order chi connectivity index (χ1) is 8.15. The largest absolute Gasteiger partial charge is 0.497 e. The molecular formula is C13H21NO3. The van der Waals surface area contributed by atoms with Gasteiger partial charge in [0.1, 0.15) is 5.75 Å². The molecule has 0 radical (unpaired) electrons. The molecule has 1 atom stereocenters. The number of rotatable bonds is 7. The number of methoxy groups -OCH3 is 1. The third-order valence-electron chi connectivity index (χ3n) is 2.65. The molecule has 1 aromatic carbocycles. The van der Waals surface area contributed by atoms with Gasteiger partial charge in [-0.2, -0.15) is 0 Å². The van der Waals surface area contributed by atoms with Crippen molar-refractivity contribution in [1.82, 2.24) is 4.90 Å². The minimum absolute atomic E-state index is 0.191. The molecule has 2 N–H and O–H groups in total. The summed E-state index contributed by atoms with van der Waals surface area (Å²) in [6.45, 7) is 1.13. The molecule has 0 amide bonds. The Kier molecular flexibility index (Phi) is 5.97. The second kappa shape index (κ2) is 7.27. The zero-order valence-corrected chi connectivity index (χ0v) is 10.5. The summed E-state index contributed by atoms with van der Waals surface area (Å²) in [7, 11) is 3.59. The van der Waals surface area contributed by atoms with Gasteiger partial charge in [0.25, 0.3) is 0 Å². The summed E-state index contributed by atoms with van der Waals surface area (Å²) in [5.74, 6) is 0.862. The van der Waals surface area contributed by atoms with E-state index < -0.39 is 6.10 Å². The molecule has 0 saturated heterocycles. The van der Waals surface area contributed by atoms with Gasteiger partial charge in [0, 0.05) is 13.1 Å². The lowest BCUT2D eigenvalue weighted by molar-refractivity contribution is 0.0669. The van der Waals surface area contributed by atoms with Crippen molar-refractivity contribution in [2.24, 2.45) is 0 Å². The number of hydrogen-bond acceptors (Lipinski definition) is 4. The van der Waals surface area contributed by atoms with Crippen molar-refractivity contribution in [3.63, 3.8) is 0 Å². The van der Waals surface area contributed by atoms with Gasteiger partial charge >= 0.3 is 0 Å². The van der Waals surface area contributed by atoms with E-state index in [0.29, 0.717) is 6.54 Å². The van der Waals surface area contributed by atoms with Crippen molar-refractivity contribution in [2.45, 2.75) is 12.5 Å². The van der Waals surface area contributed by atoms with Crippen LogP contribution in [0.25, 0.3) is 0 Å². The lowest BCUT2D eigenvalue weighted by Gasteiger charge is -2.19. The van der Waals surface area contributed by atoms with E-state index in [9.17, 15) is 5.11 Å². The Morgan fingerprint density at radius 3 is 2.82 bits per heavy atom. The van der Waals surface area contributed by atoms with Gasteiger partial charge in [-0.05, 0) is 31.2 Å². The van der Waals surface area contributed by atoms with Gasteiger partial charge in [-0.3, -0.25) is 0 Å². The standard InChI is InChI=1S/C13H21NO3/c1-14(9-12(16)10-15)7-6-11-4-3-5-13(8-11)17-2/h3-5,8,12,15-16H,6-7,9-10H2,1-2H3. The maximum Gasteiger partial charge on any atom is 0.119 e. The molecule has 96 valence electrons. The predicted molar refractivity (Wildman–Crippen MR) is 67.3 cm³/mol. The summed E-state index contributed by atoms with van der Waals surface area (Å²) in [5.41, 5.74) is 1.20. The number of ether oxygens (including phenoxy) is 1. The summed E-state index contributed by atoms with van der Waals surface area (Å²) >= 11 is 0. The van der Waals surface area contributed by atoms with Crippen molar-refractivity contribution < 1.29 is 14.9 Å². The van der Waals surface area contributed by atoms with Gasteiger partial charge in [0.05, 0.1) is 19.8 Å². The molecular weight excluding hydrogens is 218 g/mol. The van der Waals surface area contributed by atoms with Crippen LogP contribution < -0.4 is 4.74 Å².